The number of ether oxygens (including phenoxy) is 1. The van der Waals surface area contributed by atoms with Crippen LogP contribution in [0.3, 0.4) is 0 Å². The second kappa shape index (κ2) is 7.77. The van der Waals surface area contributed by atoms with Gasteiger partial charge in [0.05, 0.1) is 25.3 Å². The van der Waals surface area contributed by atoms with Gasteiger partial charge in [0.15, 0.2) is 0 Å². The summed E-state index contributed by atoms with van der Waals surface area (Å²) in [5, 5.41) is 17.9. The van der Waals surface area contributed by atoms with E-state index in [1.54, 1.807) is 11.0 Å². The van der Waals surface area contributed by atoms with E-state index in [2.05, 4.69) is 6.07 Å². The predicted octanol–water partition coefficient (Wildman–Crippen LogP) is 1.37. The Hall–Kier alpha value is -1.90. The Bertz CT molecular complexity index is 522. The minimum absolute atomic E-state index is 0.0356. The highest BCUT2D eigenvalue weighted by atomic mass is 16.5. The number of nitrogens with zero attached hydrogens (tertiary/aromatic N) is 2. The van der Waals surface area contributed by atoms with Crippen LogP contribution in [0.15, 0.2) is 24.3 Å². The summed E-state index contributed by atoms with van der Waals surface area (Å²) in [6, 6.07) is 9.45. The summed E-state index contributed by atoms with van der Waals surface area (Å²) in [5.41, 5.74) is 1.55. The Morgan fingerprint density at radius 3 is 3.05 bits per heavy atom. The zero-order valence-corrected chi connectivity index (χ0v) is 12.0. The minimum Gasteiger partial charge on any atom is -0.396 e. The molecule has 0 aromatic heterocycles. The molecule has 1 aromatic carbocycles. The number of hydrogen-bond acceptors (Lipinski definition) is 4. The first-order chi connectivity index (χ1) is 10.3. The number of carbonyl (C=O) groups excluding carboxylic acids is 1. The zero-order chi connectivity index (χ0) is 15.1. The number of aryl methyl sites for hydroxylation is 1. The summed E-state index contributed by atoms with van der Waals surface area (Å²) >= 11 is 0. The molecule has 1 heterocycles. The number of nitriles is 1. The van der Waals surface area contributed by atoms with Crippen molar-refractivity contribution < 1.29 is 14.6 Å². The van der Waals surface area contributed by atoms with Crippen LogP contribution in [0.4, 0.5) is 0 Å². The van der Waals surface area contributed by atoms with Crippen LogP contribution in [0.5, 0.6) is 0 Å². The van der Waals surface area contributed by atoms with Gasteiger partial charge in [-0.05, 0) is 24.5 Å². The molecule has 1 amide bonds. The van der Waals surface area contributed by atoms with Crippen LogP contribution >= 0.6 is 0 Å². The molecule has 5 nitrogen and oxygen atoms in total. The van der Waals surface area contributed by atoms with Gasteiger partial charge in [-0.15, -0.1) is 0 Å². The number of aliphatic hydroxyl groups excluding tert-OH is 1. The van der Waals surface area contributed by atoms with E-state index in [1.165, 1.54) is 0 Å². The molecule has 1 atom stereocenters. The lowest BCUT2D eigenvalue weighted by Gasteiger charge is -2.35. The first-order valence-corrected chi connectivity index (χ1v) is 7.22. The average molecular weight is 288 g/mol. The molecular formula is C16H20N2O3. The second-order valence-electron chi connectivity index (χ2n) is 5.05. The molecule has 0 aliphatic carbocycles. The van der Waals surface area contributed by atoms with Crippen molar-refractivity contribution in [2.45, 2.75) is 25.3 Å². The van der Waals surface area contributed by atoms with Gasteiger partial charge < -0.3 is 14.7 Å². The molecule has 1 aliphatic rings. The van der Waals surface area contributed by atoms with Gasteiger partial charge in [0.1, 0.15) is 0 Å². The molecule has 2 rings (SSSR count). The Kier molecular flexibility index (Phi) is 5.73. The smallest absolute Gasteiger partial charge is 0.254 e. The van der Waals surface area contributed by atoms with Crippen LogP contribution < -0.4 is 0 Å². The molecule has 1 fully saturated rings. The van der Waals surface area contributed by atoms with Crippen molar-refractivity contribution >= 4 is 5.91 Å². The van der Waals surface area contributed by atoms with E-state index < -0.39 is 0 Å². The zero-order valence-electron chi connectivity index (χ0n) is 12.0. The lowest BCUT2D eigenvalue weighted by atomic mass is 10.0. The highest BCUT2D eigenvalue weighted by Gasteiger charge is 2.28. The maximum absolute atomic E-state index is 12.8. The van der Waals surface area contributed by atoms with Crippen molar-refractivity contribution in [2.24, 2.45) is 0 Å². The van der Waals surface area contributed by atoms with E-state index in [0.29, 0.717) is 44.6 Å². The largest absolute Gasteiger partial charge is 0.396 e. The summed E-state index contributed by atoms with van der Waals surface area (Å²) in [6.45, 7) is 1.56. The SMILES string of the molecule is N#CCCc1ccccc1C(=O)N1CCOC[C@H]1CCO. The number of rotatable bonds is 5. The summed E-state index contributed by atoms with van der Waals surface area (Å²) in [5.74, 6) is -0.0368. The Morgan fingerprint density at radius 1 is 1.48 bits per heavy atom. The Balaban J connectivity index is 2.20. The van der Waals surface area contributed by atoms with Crippen molar-refractivity contribution in [2.75, 3.05) is 26.4 Å². The number of carbonyl (C=O) groups is 1. The van der Waals surface area contributed by atoms with Crippen LogP contribution in [0.1, 0.15) is 28.8 Å². The van der Waals surface area contributed by atoms with Gasteiger partial charge in [-0.3, -0.25) is 4.79 Å². The van der Waals surface area contributed by atoms with Crippen molar-refractivity contribution in [1.82, 2.24) is 4.90 Å². The van der Waals surface area contributed by atoms with E-state index in [0.717, 1.165) is 5.56 Å². The summed E-state index contributed by atoms with van der Waals surface area (Å²) in [7, 11) is 0. The third-order valence-corrected chi connectivity index (χ3v) is 3.70. The fraction of sp³-hybridized carbons (Fsp3) is 0.500. The van der Waals surface area contributed by atoms with Crippen LogP contribution in [-0.4, -0.2) is 48.3 Å². The average Bonchev–Trinajstić information content (AvgIpc) is 2.53. The molecule has 21 heavy (non-hydrogen) atoms. The van der Waals surface area contributed by atoms with Gasteiger partial charge in [-0.25, -0.2) is 0 Å². The third kappa shape index (κ3) is 3.81. The molecule has 0 bridgehead atoms. The molecular weight excluding hydrogens is 268 g/mol. The minimum atomic E-state index is -0.0831. The van der Waals surface area contributed by atoms with Crippen molar-refractivity contribution in [3.63, 3.8) is 0 Å². The summed E-state index contributed by atoms with van der Waals surface area (Å²) in [4.78, 5) is 14.6. The van der Waals surface area contributed by atoms with Crippen LogP contribution in [0, 0.1) is 11.3 Å². The van der Waals surface area contributed by atoms with Gasteiger partial charge in [-0.2, -0.15) is 5.26 Å². The maximum Gasteiger partial charge on any atom is 0.254 e. The van der Waals surface area contributed by atoms with E-state index in [4.69, 9.17) is 15.1 Å². The molecule has 0 unspecified atom stereocenters. The van der Waals surface area contributed by atoms with Gasteiger partial charge in [0.2, 0.25) is 0 Å². The number of morpholine rings is 1. The van der Waals surface area contributed by atoms with Gasteiger partial charge in [0.25, 0.3) is 5.91 Å². The molecule has 1 saturated heterocycles. The van der Waals surface area contributed by atoms with Crippen molar-refractivity contribution in [3.05, 3.63) is 35.4 Å². The Morgan fingerprint density at radius 2 is 2.29 bits per heavy atom. The monoisotopic (exact) mass is 288 g/mol. The van der Waals surface area contributed by atoms with Crippen LogP contribution in [0.25, 0.3) is 0 Å². The maximum atomic E-state index is 12.8. The molecule has 0 saturated carbocycles. The lowest BCUT2D eigenvalue weighted by molar-refractivity contribution is -0.00834. The quantitative estimate of drug-likeness (QED) is 0.888. The fourth-order valence-corrected chi connectivity index (χ4v) is 2.60. The molecule has 0 spiro atoms. The van der Waals surface area contributed by atoms with Gasteiger partial charge in [0, 0.05) is 25.1 Å². The third-order valence-electron chi connectivity index (χ3n) is 3.70. The van der Waals surface area contributed by atoms with Crippen molar-refractivity contribution in [1.29, 1.82) is 5.26 Å². The van der Waals surface area contributed by atoms with Gasteiger partial charge >= 0.3 is 0 Å². The topological polar surface area (TPSA) is 73.6 Å². The van der Waals surface area contributed by atoms with E-state index in [-0.39, 0.29) is 18.6 Å². The normalized spacial score (nSPS) is 18.3. The molecule has 1 aliphatic heterocycles. The first-order valence-electron chi connectivity index (χ1n) is 7.22. The summed E-state index contributed by atoms with van der Waals surface area (Å²) in [6.07, 6.45) is 1.49. The number of benzene rings is 1. The first kappa shape index (κ1) is 15.5. The molecule has 1 N–H and O–H groups in total. The number of hydrogen-bond donors (Lipinski definition) is 1. The highest BCUT2D eigenvalue weighted by molar-refractivity contribution is 5.96. The predicted molar refractivity (Wildman–Crippen MR) is 77.7 cm³/mol. The Labute approximate surface area is 124 Å². The van der Waals surface area contributed by atoms with Crippen molar-refractivity contribution in [3.8, 4) is 6.07 Å². The standard InChI is InChI=1S/C16H20N2O3/c17-8-3-5-13-4-1-2-6-15(13)16(20)18-9-11-21-12-14(18)7-10-19/h1-2,4,6,14,19H,3,5,7,9-12H2/t14-/m1/s1. The molecule has 0 radical (unpaired) electrons. The lowest BCUT2D eigenvalue weighted by Crippen LogP contribution is -2.49. The van der Waals surface area contributed by atoms with Crippen LogP contribution in [0.2, 0.25) is 0 Å². The molecule has 1 aromatic rings. The van der Waals surface area contributed by atoms with E-state index in [1.807, 2.05) is 18.2 Å². The molecule has 5 heteroatoms. The summed E-state index contributed by atoms with van der Waals surface area (Å²) < 4.78 is 5.40. The van der Waals surface area contributed by atoms with E-state index in [9.17, 15) is 4.79 Å². The number of aliphatic hydroxyl groups is 1. The van der Waals surface area contributed by atoms with Crippen LogP contribution in [-0.2, 0) is 11.2 Å². The number of amides is 1. The van der Waals surface area contributed by atoms with Gasteiger partial charge in [-0.1, -0.05) is 18.2 Å². The second-order valence-corrected chi connectivity index (χ2v) is 5.05. The molecule has 112 valence electrons. The fourth-order valence-electron chi connectivity index (χ4n) is 2.60. The highest BCUT2D eigenvalue weighted by Crippen LogP contribution is 2.18. The van der Waals surface area contributed by atoms with E-state index >= 15 is 0 Å².